The average molecular weight is 167 g/mol. The van der Waals surface area contributed by atoms with Crippen LogP contribution in [0.4, 0.5) is 0 Å². The molecule has 0 amide bonds. The van der Waals surface area contributed by atoms with Crippen molar-refractivity contribution in [3.05, 3.63) is 0 Å². The van der Waals surface area contributed by atoms with Gasteiger partial charge in [0.2, 0.25) is 0 Å². The van der Waals surface area contributed by atoms with E-state index < -0.39 is 12.0 Å². The van der Waals surface area contributed by atoms with Crippen molar-refractivity contribution in [2.45, 2.75) is 5.16 Å². The maximum Gasteiger partial charge on any atom is 1.00 e. The Labute approximate surface area is 84.2 Å². The minimum absolute atomic E-state index is 0. The first-order chi connectivity index (χ1) is 4.18. The van der Waals surface area contributed by atoms with Crippen LogP contribution in [0.15, 0.2) is 5.16 Å². The topological polar surface area (TPSA) is 79.1 Å². The summed E-state index contributed by atoms with van der Waals surface area (Å²) >= 11 is 4.40. The molecule has 0 saturated heterocycles. The molecule has 7 heteroatoms. The first-order valence-corrected chi connectivity index (χ1v) is 2.40. The molecular weight excluding hydrogens is 165 g/mol. The smallest absolute Gasteiger partial charge is 0.740 e. The van der Waals surface area contributed by atoms with E-state index in [1.807, 2.05) is 0 Å². The Morgan fingerprint density at radius 1 is 1.00 bits per heavy atom. The fourth-order valence-electron chi connectivity index (χ4n) is 0.336. The monoisotopic (exact) mass is 167 g/mol. The number of aromatic hydroxyl groups is 2. The average Bonchev–Trinajstić information content (AvgIpc) is 1.59. The molecule has 0 spiro atoms. The quantitative estimate of drug-likeness (QED) is 0.304. The van der Waals surface area contributed by atoms with Gasteiger partial charge in [-0.2, -0.15) is 0 Å². The van der Waals surface area contributed by atoms with Crippen LogP contribution in [-0.2, 0) is 12.6 Å². The molecule has 0 saturated carbocycles. The van der Waals surface area contributed by atoms with Gasteiger partial charge in [0.1, 0.15) is 0 Å². The zero-order valence-electron chi connectivity index (χ0n) is 5.14. The fraction of sp³-hybridized carbons (Fsp3) is 0. The van der Waals surface area contributed by atoms with Crippen LogP contribution < -0.4 is 29.6 Å². The van der Waals surface area contributed by atoms with Gasteiger partial charge in [0.25, 0.3) is 0 Å². The van der Waals surface area contributed by atoms with Crippen LogP contribution in [0.1, 0.15) is 0 Å². The van der Waals surface area contributed by atoms with E-state index in [1.54, 1.807) is 0 Å². The van der Waals surface area contributed by atoms with Crippen LogP contribution in [0.5, 0.6) is 12.0 Å². The van der Waals surface area contributed by atoms with Crippen molar-refractivity contribution in [2.24, 2.45) is 0 Å². The Bertz CT molecular complexity index is 183. The largest absolute Gasteiger partial charge is 1.00 e. The summed E-state index contributed by atoms with van der Waals surface area (Å²) in [5.41, 5.74) is 0. The molecule has 0 radical (unpaired) electrons. The maximum absolute atomic E-state index is 8.51. The van der Waals surface area contributed by atoms with Crippen LogP contribution >= 0.6 is 0 Å². The van der Waals surface area contributed by atoms with Gasteiger partial charge in [0, 0.05) is 5.16 Å². The molecule has 48 valence electrons. The van der Waals surface area contributed by atoms with E-state index in [9.17, 15) is 0 Å². The molecule has 0 aromatic carbocycles. The number of aromatic nitrogens is 3. The first-order valence-electron chi connectivity index (χ1n) is 1.99. The zero-order chi connectivity index (χ0) is 6.85. The third-order valence-corrected chi connectivity index (χ3v) is 0.774. The van der Waals surface area contributed by atoms with Gasteiger partial charge >= 0.3 is 41.6 Å². The number of hydrogen-bond donors (Lipinski definition) is 2. The number of hydrogen-bond acceptors (Lipinski definition) is 6. The Balaban J connectivity index is 0.000000810. The standard InChI is InChI=1S/C3H3N3O2S.Na/c7-1-4-2(8)6-3(9)5-1;/h(H3,4,5,6,7,8,9);/q;+1/p-1. The summed E-state index contributed by atoms with van der Waals surface area (Å²) < 4.78 is 0. The summed E-state index contributed by atoms with van der Waals surface area (Å²) in [6.07, 6.45) is 0. The molecule has 0 aliphatic heterocycles. The molecular formula is C3H2N3NaO2S. The van der Waals surface area contributed by atoms with Crippen molar-refractivity contribution in [1.82, 2.24) is 15.0 Å². The van der Waals surface area contributed by atoms with E-state index in [-0.39, 0.29) is 34.7 Å². The van der Waals surface area contributed by atoms with E-state index in [2.05, 4.69) is 27.6 Å². The summed E-state index contributed by atoms with van der Waals surface area (Å²) in [5.74, 6) is 0. The van der Waals surface area contributed by atoms with Gasteiger partial charge in [-0.3, -0.25) is 0 Å². The molecule has 5 nitrogen and oxygen atoms in total. The van der Waals surface area contributed by atoms with Crippen molar-refractivity contribution in [1.29, 1.82) is 0 Å². The van der Waals surface area contributed by atoms with E-state index in [0.29, 0.717) is 0 Å². The van der Waals surface area contributed by atoms with E-state index >= 15 is 0 Å². The summed E-state index contributed by atoms with van der Waals surface area (Å²) in [6, 6.07) is -1.12. The molecule has 0 atom stereocenters. The summed E-state index contributed by atoms with van der Waals surface area (Å²) in [4.78, 5) is 9.50. The molecule has 1 heterocycles. The summed E-state index contributed by atoms with van der Waals surface area (Å²) in [5, 5.41) is 16.9. The Hall–Kier alpha value is -0.170. The van der Waals surface area contributed by atoms with E-state index in [0.717, 1.165) is 0 Å². The van der Waals surface area contributed by atoms with Gasteiger partial charge in [-0.25, -0.2) is 9.97 Å². The SMILES string of the molecule is Oc1nc(O)nc([S-])n1.[Na+]. The second-order valence-electron chi connectivity index (χ2n) is 1.22. The van der Waals surface area contributed by atoms with Crippen molar-refractivity contribution in [2.75, 3.05) is 0 Å². The molecule has 2 N–H and O–H groups in total. The molecule has 1 aromatic heterocycles. The van der Waals surface area contributed by atoms with Gasteiger partial charge in [0.15, 0.2) is 0 Å². The van der Waals surface area contributed by atoms with Crippen LogP contribution in [-0.4, -0.2) is 25.2 Å². The van der Waals surface area contributed by atoms with Crippen LogP contribution in [0.3, 0.4) is 0 Å². The number of rotatable bonds is 0. The molecule has 1 aromatic rings. The second kappa shape index (κ2) is 3.87. The van der Waals surface area contributed by atoms with Crippen molar-refractivity contribution >= 4 is 12.6 Å². The van der Waals surface area contributed by atoms with E-state index in [1.165, 1.54) is 0 Å². The van der Waals surface area contributed by atoms with Crippen molar-refractivity contribution < 1.29 is 39.8 Å². The predicted molar refractivity (Wildman–Crippen MR) is 28.8 cm³/mol. The molecule has 0 aliphatic carbocycles. The maximum atomic E-state index is 8.51. The molecule has 0 fully saturated rings. The molecule has 1 rings (SSSR count). The first kappa shape index (κ1) is 9.83. The molecule has 10 heavy (non-hydrogen) atoms. The van der Waals surface area contributed by atoms with Gasteiger partial charge in [-0.05, 0) is 0 Å². The third-order valence-electron chi connectivity index (χ3n) is 0.591. The molecule has 0 unspecified atom stereocenters. The van der Waals surface area contributed by atoms with Crippen LogP contribution in [0, 0.1) is 0 Å². The van der Waals surface area contributed by atoms with E-state index in [4.69, 9.17) is 10.2 Å². The minimum Gasteiger partial charge on any atom is -0.740 e. The third kappa shape index (κ3) is 2.61. The Kier molecular flexibility index (Phi) is 3.80. The fourth-order valence-corrected chi connectivity index (χ4v) is 0.499. The zero-order valence-corrected chi connectivity index (χ0v) is 7.96. The van der Waals surface area contributed by atoms with Gasteiger partial charge in [-0.15, -0.1) is 4.98 Å². The molecule has 0 aliphatic rings. The van der Waals surface area contributed by atoms with Gasteiger partial charge in [0.05, 0.1) is 0 Å². The van der Waals surface area contributed by atoms with Crippen molar-refractivity contribution in [3.63, 3.8) is 0 Å². The van der Waals surface area contributed by atoms with Crippen molar-refractivity contribution in [3.8, 4) is 12.0 Å². The normalized spacial score (nSPS) is 8.40. The summed E-state index contributed by atoms with van der Waals surface area (Å²) in [6.45, 7) is 0. The van der Waals surface area contributed by atoms with Crippen LogP contribution in [0.25, 0.3) is 0 Å². The van der Waals surface area contributed by atoms with Crippen LogP contribution in [0.2, 0.25) is 0 Å². The van der Waals surface area contributed by atoms with Gasteiger partial charge < -0.3 is 22.8 Å². The second-order valence-corrected chi connectivity index (χ2v) is 1.58. The minimum atomic E-state index is -0.563. The summed E-state index contributed by atoms with van der Waals surface area (Å²) in [7, 11) is 0. The Morgan fingerprint density at radius 2 is 1.40 bits per heavy atom. The molecule has 0 bridgehead atoms. The Morgan fingerprint density at radius 3 is 1.70 bits per heavy atom. The predicted octanol–water partition coefficient (Wildman–Crippen LogP) is -3.81. The number of nitrogens with zero attached hydrogens (tertiary/aromatic N) is 3. The van der Waals surface area contributed by atoms with Gasteiger partial charge in [-0.1, -0.05) is 0 Å².